The van der Waals surface area contributed by atoms with Crippen LogP contribution in [0.4, 0.5) is 4.79 Å². The Kier molecular flexibility index (Phi) is 8.06. The van der Waals surface area contributed by atoms with Crippen LogP contribution in [0.1, 0.15) is 33.5 Å². The Morgan fingerprint density at radius 2 is 1.97 bits per heavy atom. The fourth-order valence-electron chi connectivity index (χ4n) is 2.61. The number of nitrogens with zero attached hydrogens (tertiary/aromatic N) is 3. The fraction of sp³-hybridized carbons (Fsp3) is 0.476. The Labute approximate surface area is 172 Å². The molecule has 0 fully saturated rings. The summed E-state index contributed by atoms with van der Waals surface area (Å²) in [5.74, 6) is 1.60. The maximum absolute atomic E-state index is 11.7. The van der Waals surface area contributed by atoms with Gasteiger partial charge in [0.05, 0.1) is 25.0 Å². The number of ether oxygens (including phenoxy) is 1. The second-order valence-corrected chi connectivity index (χ2v) is 7.63. The number of hydrogen-bond donors (Lipinski definition) is 3. The number of benzene rings is 1. The highest BCUT2D eigenvalue weighted by Crippen LogP contribution is 2.16. The topological polar surface area (TPSA) is 94.6 Å². The van der Waals surface area contributed by atoms with Crippen LogP contribution in [0.3, 0.4) is 0 Å². The van der Waals surface area contributed by atoms with E-state index in [1.807, 2.05) is 76.2 Å². The first kappa shape index (κ1) is 22.3. The van der Waals surface area contributed by atoms with Crippen LogP contribution in [0.25, 0.3) is 11.3 Å². The van der Waals surface area contributed by atoms with Crippen LogP contribution in [-0.2, 0) is 11.3 Å². The van der Waals surface area contributed by atoms with Gasteiger partial charge in [-0.1, -0.05) is 30.3 Å². The predicted molar refractivity (Wildman–Crippen MR) is 116 cm³/mol. The van der Waals surface area contributed by atoms with E-state index < -0.39 is 11.7 Å². The van der Waals surface area contributed by atoms with Crippen LogP contribution in [0.15, 0.2) is 41.5 Å². The SMILES string of the molecule is CCNC(=NCCNC(=O)OC(C)(C)C)N(C)Cc1ncc(-c2ccccc2)[nH]1. The van der Waals surface area contributed by atoms with E-state index in [1.54, 1.807) is 0 Å². The lowest BCUT2D eigenvalue weighted by atomic mass is 10.2. The van der Waals surface area contributed by atoms with Gasteiger partial charge in [0.1, 0.15) is 11.4 Å². The minimum Gasteiger partial charge on any atom is -0.444 e. The van der Waals surface area contributed by atoms with Gasteiger partial charge in [-0.2, -0.15) is 0 Å². The van der Waals surface area contributed by atoms with Gasteiger partial charge in [-0.25, -0.2) is 9.78 Å². The first-order valence-corrected chi connectivity index (χ1v) is 9.84. The number of carbonyl (C=O) groups excluding carboxylic acids is 1. The molecule has 0 saturated heterocycles. The summed E-state index contributed by atoms with van der Waals surface area (Å²) in [4.78, 5) is 26.1. The van der Waals surface area contributed by atoms with Gasteiger partial charge in [-0.05, 0) is 33.3 Å². The van der Waals surface area contributed by atoms with E-state index in [4.69, 9.17) is 4.74 Å². The molecule has 0 unspecified atom stereocenters. The molecule has 8 heteroatoms. The number of aromatic amines is 1. The van der Waals surface area contributed by atoms with Crippen molar-refractivity contribution in [3.8, 4) is 11.3 Å². The second-order valence-electron chi connectivity index (χ2n) is 7.63. The van der Waals surface area contributed by atoms with Gasteiger partial charge in [-0.3, -0.25) is 4.99 Å². The van der Waals surface area contributed by atoms with Gasteiger partial charge >= 0.3 is 6.09 Å². The monoisotopic (exact) mass is 400 g/mol. The lowest BCUT2D eigenvalue weighted by Crippen LogP contribution is -2.39. The highest BCUT2D eigenvalue weighted by atomic mass is 16.6. The van der Waals surface area contributed by atoms with Crippen LogP contribution < -0.4 is 10.6 Å². The molecular weight excluding hydrogens is 368 g/mol. The molecule has 0 radical (unpaired) electrons. The molecular formula is C21H32N6O2. The first-order chi connectivity index (χ1) is 13.8. The molecule has 29 heavy (non-hydrogen) atoms. The number of imidazole rings is 1. The highest BCUT2D eigenvalue weighted by molar-refractivity contribution is 5.79. The van der Waals surface area contributed by atoms with E-state index in [1.165, 1.54) is 0 Å². The van der Waals surface area contributed by atoms with E-state index in [-0.39, 0.29) is 0 Å². The smallest absolute Gasteiger partial charge is 0.407 e. The van der Waals surface area contributed by atoms with Crippen molar-refractivity contribution in [3.63, 3.8) is 0 Å². The van der Waals surface area contributed by atoms with E-state index >= 15 is 0 Å². The van der Waals surface area contributed by atoms with E-state index in [0.717, 1.165) is 29.6 Å². The Bertz CT molecular complexity index is 795. The molecule has 0 aliphatic heterocycles. The lowest BCUT2D eigenvalue weighted by molar-refractivity contribution is 0.0529. The summed E-state index contributed by atoms with van der Waals surface area (Å²) in [7, 11) is 1.95. The summed E-state index contributed by atoms with van der Waals surface area (Å²) in [6, 6.07) is 10.1. The van der Waals surface area contributed by atoms with E-state index in [0.29, 0.717) is 19.6 Å². The third-order valence-electron chi connectivity index (χ3n) is 3.84. The maximum atomic E-state index is 11.7. The highest BCUT2D eigenvalue weighted by Gasteiger charge is 2.15. The summed E-state index contributed by atoms with van der Waals surface area (Å²) in [5.41, 5.74) is 1.57. The Hall–Kier alpha value is -3.03. The largest absolute Gasteiger partial charge is 0.444 e. The molecule has 1 aromatic carbocycles. The van der Waals surface area contributed by atoms with Crippen molar-refractivity contribution >= 4 is 12.1 Å². The zero-order chi connectivity index (χ0) is 21.3. The van der Waals surface area contributed by atoms with Crippen molar-refractivity contribution in [1.29, 1.82) is 0 Å². The molecule has 2 aromatic rings. The maximum Gasteiger partial charge on any atom is 0.407 e. The average molecular weight is 401 g/mol. The molecule has 1 heterocycles. The average Bonchev–Trinajstić information content (AvgIpc) is 3.12. The van der Waals surface area contributed by atoms with Gasteiger partial charge < -0.3 is 25.3 Å². The minimum atomic E-state index is -0.510. The van der Waals surface area contributed by atoms with Gasteiger partial charge in [0.2, 0.25) is 0 Å². The molecule has 2 rings (SSSR count). The Morgan fingerprint density at radius 1 is 1.24 bits per heavy atom. The number of carbonyl (C=O) groups is 1. The first-order valence-electron chi connectivity index (χ1n) is 9.84. The molecule has 1 amide bonds. The number of rotatable bonds is 7. The third-order valence-corrected chi connectivity index (χ3v) is 3.84. The zero-order valence-electron chi connectivity index (χ0n) is 18.0. The molecule has 0 spiro atoms. The number of alkyl carbamates (subject to hydrolysis) is 1. The van der Waals surface area contributed by atoms with E-state index in [9.17, 15) is 4.79 Å². The number of aromatic nitrogens is 2. The Balaban J connectivity index is 1.90. The minimum absolute atomic E-state index is 0.399. The summed E-state index contributed by atoms with van der Waals surface area (Å²) >= 11 is 0. The molecule has 8 nitrogen and oxygen atoms in total. The van der Waals surface area contributed by atoms with Crippen LogP contribution in [0.5, 0.6) is 0 Å². The zero-order valence-corrected chi connectivity index (χ0v) is 18.0. The number of hydrogen-bond acceptors (Lipinski definition) is 4. The van der Waals surface area contributed by atoms with Crippen molar-refractivity contribution in [1.82, 2.24) is 25.5 Å². The molecule has 1 aromatic heterocycles. The summed E-state index contributed by atoms with van der Waals surface area (Å²) in [6.45, 7) is 9.69. The molecule has 0 saturated carbocycles. The van der Waals surface area contributed by atoms with Crippen molar-refractivity contribution in [2.24, 2.45) is 4.99 Å². The summed E-state index contributed by atoms with van der Waals surface area (Å²) < 4.78 is 5.22. The number of aliphatic imine (C=N–C) groups is 1. The van der Waals surface area contributed by atoms with Crippen molar-refractivity contribution in [2.45, 2.75) is 39.8 Å². The number of H-pyrrole nitrogens is 1. The molecule has 3 N–H and O–H groups in total. The van der Waals surface area contributed by atoms with Crippen LogP contribution in [0, 0.1) is 0 Å². The van der Waals surface area contributed by atoms with Crippen molar-refractivity contribution in [2.75, 3.05) is 26.7 Å². The third kappa shape index (κ3) is 7.85. The van der Waals surface area contributed by atoms with Crippen molar-refractivity contribution in [3.05, 3.63) is 42.4 Å². The van der Waals surface area contributed by atoms with Crippen LogP contribution in [0.2, 0.25) is 0 Å². The van der Waals surface area contributed by atoms with Gasteiger partial charge in [0, 0.05) is 20.1 Å². The lowest BCUT2D eigenvalue weighted by Gasteiger charge is -2.21. The van der Waals surface area contributed by atoms with Gasteiger partial charge in [-0.15, -0.1) is 0 Å². The van der Waals surface area contributed by atoms with Gasteiger partial charge in [0.15, 0.2) is 5.96 Å². The van der Waals surface area contributed by atoms with E-state index in [2.05, 4.69) is 25.6 Å². The van der Waals surface area contributed by atoms with Crippen LogP contribution in [-0.4, -0.2) is 59.2 Å². The number of nitrogens with one attached hydrogen (secondary N) is 3. The van der Waals surface area contributed by atoms with Crippen LogP contribution >= 0.6 is 0 Å². The van der Waals surface area contributed by atoms with Crippen molar-refractivity contribution < 1.29 is 9.53 Å². The molecule has 0 bridgehead atoms. The second kappa shape index (κ2) is 10.5. The molecule has 0 atom stereocenters. The number of amides is 1. The molecule has 158 valence electrons. The van der Waals surface area contributed by atoms with Gasteiger partial charge in [0.25, 0.3) is 0 Å². The number of guanidine groups is 1. The normalized spacial score (nSPS) is 11.8. The molecule has 0 aliphatic carbocycles. The standard InChI is InChI=1S/C21H32N6O2/c1-6-22-19(23-12-13-24-20(28)29-21(2,3)4)27(5)15-18-25-14-17(26-18)16-10-8-7-9-11-16/h7-11,14H,6,12-13,15H2,1-5H3,(H,22,23)(H,24,28)(H,25,26). The summed E-state index contributed by atoms with van der Waals surface area (Å²) in [5, 5.41) is 5.97. The quantitative estimate of drug-likeness (QED) is 0.377. The fourth-order valence-corrected chi connectivity index (χ4v) is 2.61. The predicted octanol–water partition coefficient (Wildman–Crippen LogP) is 3.00. The Morgan fingerprint density at radius 3 is 2.62 bits per heavy atom. The summed E-state index contributed by atoms with van der Waals surface area (Å²) in [6.07, 6.45) is 1.41. The molecule has 0 aliphatic rings.